The largest absolute Gasteiger partial charge is 0.444 e. The Labute approximate surface area is 120 Å². The molecule has 2 aliphatic rings. The predicted octanol–water partition coefficient (Wildman–Crippen LogP) is 1.98. The van der Waals surface area contributed by atoms with E-state index in [1.807, 2.05) is 20.8 Å². The molecule has 0 radical (unpaired) electrons. The van der Waals surface area contributed by atoms with Gasteiger partial charge < -0.3 is 14.7 Å². The van der Waals surface area contributed by atoms with Gasteiger partial charge in [0.15, 0.2) is 0 Å². The SMILES string of the molecule is CC(C)(C)OC(=O)N1CCC2(CC[C@@H](CO)C2=O)CC1. The fourth-order valence-corrected chi connectivity index (χ4v) is 3.25. The molecule has 2 rings (SSSR count). The van der Waals surface area contributed by atoms with Crippen LogP contribution in [-0.2, 0) is 9.53 Å². The number of carbonyl (C=O) groups is 2. The number of likely N-dealkylation sites (tertiary alicyclic amines) is 1. The Morgan fingerprint density at radius 1 is 1.35 bits per heavy atom. The van der Waals surface area contributed by atoms with Gasteiger partial charge in [-0.2, -0.15) is 0 Å². The van der Waals surface area contributed by atoms with Crippen molar-refractivity contribution in [1.29, 1.82) is 0 Å². The lowest BCUT2D eigenvalue weighted by Gasteiger charge is -2.38. The van der Waals surface area contributed by atoms with Crippen LogP contribution in [0.2, 0.25) is 0 Å². The normalized spacial score (nSPS) is 26.1. The Morgan fingerprint density at radius 3 is 2.40 bits per heavy atom. The van der Waals surface area contributed by atoms with Gasteiger partial charge in [0.2, 0.25) is 0 Å². The minimum absolute atomic E-state index is 0.0453. The smallest absolute Gasteiger partial charge is 0.410 e. The molecule has 0 bridgehead atoms. The molecule has 0 aromatic carbocycles. The van der Waals surface area contributed by atoms with Gasteiger partial charge >= 0.3 is 6.09 Å². The molecule has 1 atom stereocenters. The van der Waals surface area contributed by atoms with Gasteiger partial charge in [-0.05, 0) is 46.5 Å². The fraction of sp³-hybridized carbons (Fsp3) is 0.867. The van der Waals surface area contributed by atoms with Gasteiger partial charge in [0.05, 0.1) is 6.61 Å². The van der Waals surface area contributed by atoms with Crippen LogP contribution in [0.1, 0.15) is 46.5 Å². The second kappa shape index (κ2) is 5.35. The number of amides is 1. The minimum atomic E-state index is -0.489. The van der Waals surface area contributed by atoms with Gasteiger partial charge in [-0.25, -0.2) is 4.79 Å². The Balaban J connectivity index is 1.93. The van der Waals surface area contributed by atoms with Crippen LogP contribution in [0.3, 0.4) is 0 Å². The number of hydrogen-bond acceptors (Lipinski definition) is 4. The second-order valence-corrected chi connectivity index (χ2v) is 7.03. The lowest BCUT2D eigenvalue weighted by molar-refractivity contribution is -0.132. The Hall–Kier alpha value is -1.10. The molecule has 2 fully saturated rings. The number of aliphatic hydroxyl groups is 1. The van der Waals surface area contributed by atoms with Crippen LogP contribution in [0.4, 0.5) is 4.79 Å². The Morgan fingerprint density at radius 2 is 1.95 bits per heavy atom. The van der Waals surface area contributed by atoms with E-state index in [1.54, 1.807) is 4.90 Å². The minimum Gasteiger partial charge on any atom is -0.444 e. The summed E-state index contributed by atoms with van der Waals surface area (Å²) < 4.78 is 5.36. The van der Waals surface area contributed by atoms with Crippen molar-refractivity contribution in [2.24, 2.45) is 11.3 Å². The van der Waals surface area contributed by atoms with Gasteiger partial charge in [-0.15, -0.1) is 0 Å². The molecule has 1 heterocycles. The van der Waals surface area contributed by atoms with Crippen LogP contribution in [0, 0.1) is 11.3 Å². The summed E-state index contributed by atoms with van der Waals surface area (Å²) >= 11 is 0. The van der Waals surface area contributed by atoms with Crippen LogP contribution < -0.4 is 0 Å². The van der Waals surface area contributed by atoms with Crippen molar-refractivity contribution in [1.82, 2.24) is 4.90 Å². The molecule has 1 aliphatic carbocycles. The first-order chi connectivity index (χ1) is 9.27. The molecule has 1 saturated heterocycles. The first-order valence-corrected chi connectivity index (χ1v) is 7.40. The van der Waals surface area contributed by atoms with Gasteiger partial charge in [-0.3, -0.25) is 4.79 Å². The zero-order chi connectivity index (χ0) is 15.0. The topological polar surface area (TPSA) is 66.8 Å². The number of ketones is 1. The second-order valence-electron chi connectivity index (χ2n) is 7.03. The van der Waals surface area contributed by atoms with Crippen LogP contribution in [0.25, 0.3) is 0 Å². The number of piperidine rings is 1. The highest BCUT2D eigenvalue weighted by Crippen LogP contribution is 2.46. The molecule has 1 N–H and O–H groups in total. The summed E-state index contributed by atoms with van der Waals surface area (Å²) in [4.78, 5) is 26.0. The highest BCUT2D eigenvalue weighted by atomic mass is 16.6. The molecule has 5 heteroatoms. The van der Waals surface area contributed by atoms with E-state index in [0.29, 0.717) is 25.9 Å². The van der Waals surface area contributed by atoms with Gasteiger partial charge in [0, 0.05) is 24.4 Å². The summed E-state index contributed by atoms with van der Waals surface area (Å²) in [6.07, 6.45) is 2.72. The molecule has 5 nitrogen and oxygen atoms in total. The summed E-state index contributed by atoms with van der Waals surface area (Å²) in [5.74, 6) is 0.00640. The van der Waals surface area contributed by atoms with E-state index >= 15 is 0 Å². The fourth-order valence-electron chi connectivity index (χ4n) is 3.25. The van der Waals surface area contributed by atoms with Crippen LogP contribution in [0.5, 0.6) is 0 Å². The van der Waals surface area contributed by atoms with Crippen molar-refractivity contribution in [2.45, 2.75) is 52.1 Å². The summed E-state index contributed by atoms with van der Waals surface area (Å²) in [5.41, 5.74) is -0.788. The van der Waals surface area contributed by atoms with Crippen molar-refractivity contribution in [3.8, 4) is 0 Å². The van der Waals surface area contributed by atoms with Crippen molar-refractivity contribution < 1.29 is 19.4 Å². The molecular weight excluding hydrogens is 258 g/mol. The van der Waals surface area contributed by atoms with Crippen molar-refractivity contribution in [3.63, 3.8) is 0 Å². The van der Waals surface area contributed by atoms with E-state index in [-0.39, 0.29) is 29.8 Å². The van der Waals surface area contributed by atoms with Gasteiger partial charge in [-0.1, -0.05) is 0 Å². The third-order valence-corrected chi connectivity index (χ3v) is 4.46. The number of hydrogen-bond donors (Lipinski definition) is 1. The molecule has 0 aromatic heterocycles. The van der Waals surface area contributed by atoms with Crippen LogP contribution in [-0.4, -0.2) is 47.2 Å². The molecular formula is C15H25NO4. The standard InChI is InChI=1S/C15H25NO4/c1-14(2,3)20-13(19)16-8-6-15(7-9-16)5-4-11(10-17)12(15)18/h11,17H,4-10H2,1-3H3/t11-/m0/s1. The monoisotopic (exact) mass is 283 g/mol. The zero-order valence-corrected chi connectivity index (χ0v) is 12.6. The molecule has 1 spiro atoms. The van der Waals surface area contributed by atoms with Crippen molar-refractivity contribution >= 4 is 11.9 Å². The highest BCUT2D eigenvalue weighted by Gasteiger charge is 2.49. The van der Waals surface area contributed by atoms with E-state index in [9.17, 15) is 14.7 Å². The Kier molecular flexibility index (Phi) is 4.09. The van der Waals surface area contributed by atoms with Gasteiger partial charge in [0.1, 0.15) is 11.4 Å². The summed E-state index contributed by atoms with van der Waals surface area (Å²) in [6.45, 7) is 6.64. The maximum absolute atomic E-state index is 12.3. The van der Waals surface area contributed by atoms with E-state index in [0.717, 1.165) is 12.8 Å². The molecule has 0 unspecified atom stereocenters. The number of nitrogens with zero attached hydrogens (tertiary/aromatic N) is 1. The lowest BCUT2D eigenvalue weighted by atomic mass is 9.75. The first kappa shape index (κ1) is 15.3. The van der Waals surface area contributed by atoms with Crippen molar-refractivity contribution in [3.05, 3.63) is 0 Å². The van der Waals surface area contributed by atoms with E-state index in [1.165, 1.54) is 0 Å². The summed E-state index contributed by atoms with van der Waals surface area (Å²) in [6, 6.07) is 0. The average Bonchev–Trinajstić information content (AvgIpc) is 2.66. The summed E-state index contributed by atoms with van der Waals surface area (Å²) in [5, 5.41) is 9.21. The maximum atomic E-state index is 12.3. The van der Waals surface area contributed by atoms with E-state index in [4.69, 9.17) is 4.74 Å². The number of ether oxygens (including phenoxy) is 1. The van der Waals surface area contributed by atoms with E-state index < -0.39 is 5.60 Å². The molecule has 114 valence electrons. The molecule has 20 heavy (non-hydrogen) atoms. The Bertz CT molecular complexity index is 391. The number of Topliss-reactive ketones (excluding diaryl/α,β-unsaturated/α-hetero) is 1. The quantitative estimate of drug-likeness (QED) is 0.799. The number of aliphatic hydroxyl groups excluding tert-OH is 1. The van der Waals surface area contributed by atoms with Crippen LogP contribution >= 0.6 is 0 Å². The number of rotatable bonds is 1. The van der Waals surface area contributed by atoms with Crippen molar-refractivity contribution in [2.75, 3.05) is 19.7 Å². The molecule has 1 aliphatic heterocycles. The summed E-state index contributed by atoms with van der Waals surface area (Å²) in [7, 11) is 0. The first-order valence-electron chi connectivity index (χ1n) is 7.40. The third kappa shape index (κ3) is 2.97. The molecule has 0 aromatic rings. The molecule has 1 saturated carbocycles. The number of carbonyl (C=O) groups excluding carboxylic acids is 2. The lowest BCUT2D eigenvalue weighted by Crippen LogP contribution is -2.47. The average molecular weight is 283 g/mol. The van der Waals surface area contributed by atoms with E-state index in [2.05, 4.69) is 0 Å². The maximum Gasteiger partial charge on any atom is 0.410 e. The predicted molar refractivity (Wildman–Crippen MR) is 74.3 cm³/mol. The van der Waals surface area contributed by atoms with Crippen LogP contribution in [0.15, 0.2) is 0 Å². The highest BCUT2D eigenvalue weighted by molar-refractivity contribution is 5.89. The molecule has 1 amide bonds. The van der Waals surface area contributed by atoms with Gasteiger partial charge in [0.25, 0.3) is 0 Å². The zero-order valence-electron chi connectivity index (χ0n) is 12.6. The third-order valence-electron chi connectivity index (χ3n) is 4.46.